The molecule has 2 aliphatic carbocycles. The van der Waals surface area contributed by atoms with Crippen LogP contribution in [0.5, 0.6) is 0 Å². The Kier molecular flexibility index (Phi) is 10.6. The zero-order valence-corrected chi connectivity index (χ0v) is 31.8. The molecule has 3 aromatic heterocycles. The van der Waals surface area contributed by atoms with E-state index in [1.54, 1.807) is 30.4 Å². The average molecular weight is 758 g/mol. The van der Waals surface area contributed by atoms with Crippen molar-refractivity contribution >= 4 is 17.9 Å². The van der Waals surface area contributed by atoms with Gasteiger partial charge >= 0.3 is 6.09 Å². The molecule has 56 heavy (non-hydrogen) atoms. The topological polar surface area (TPSA) is 180 Å². The number of likely N-dealkylation sites (tertiary alicyclic amines) is 1. The Bertz CT molecular complexity index is 2150. The first-order valence-corrected chi connectivity index (χ1v) is 19.3. The minimum absolute atomic E-state index is 0.0743. The molecular formula is C42H47N9O5. The van der Waals surface area contributed by atoms with Crippen LogP contribution in [-0.2, 0) is 25.6 Å². The summed E-state index contributed by atoms with van der Waals surface area (Å²) in [5.41, 5.74) is 6.84. The minimum Gasteiger partial charge on any atom is -0.453 e. The zero-order valence-electron chi connectivity index (χ0n) is 31.8. The van der Waals surface area contributed by atoms with Crippen LogP contribution in [0, 0.1) is 17.8 Å². The maximum absolute atomic E-state index is 13.6. The molecule has 5 aromatic rings. The van der Waals surface area contributed by atoms with E-state index in [4.69, 9.17) is 14.5 Å². The Labute approximate surface area is 325 Å². The van der Waals surface area contributed by atoms with Crippen LogP contribution in [0.2, 0.25) is 0 Å². The second-order valence-electron chi connectivity index (χ2n) is 15.1. The number of carbonyl (C=O) groups is 3. The fraction of sp³-hybridized carbons (Fsp3) is 0.405. The number of nitrogens with one attached hydrogen (secondary N) is 4. The highest BCUT2D eigenvalue weighted by atomic mass is 16.5. The number of benzene rings is 2. The average Bonchev–Trinajstić information content (AvgIpc) is 4.10. The van der Waals surface area contributed by atoms with Gasteiger partial charge in [-0.2, -0.15) is 0 Å². The van der Waals surface area contributed by atoms with E-state index in [1.807, 2.05) is 6.20 Å². The van der Waals surface area contributed by atoms with E-state index in [2.05, 4.69) is 84.1 Å². The van der Waals surface area contributed by atoms with Crippen LogP contribution >= 0.6 is 0 Å². The van der Waals surface area contributed by atoms with Crippen LogP contribution in [0.4, 0.5) is 4.79 Å². The van der Waals surface area contributed by atoms with E-state index in [9.17, 15) is 14.4 Å². The number of amides is 3. The lowest BCUT2D eigenvalue weighted by atomic mass is 9.78. The van der Waals surface area contributed by atoms with Gasteiger partial charge in [0.1, 0.15) is 24.0 Å². The summed E-state index contributed by atoms with van der Waals surface area (Å²) in [5.74, 6) is 2.24. The molecule has 2 aromatic carbocycles. The Hall–Kier alpha value is -5.89. The largest absolute Gasteiger partial charge is 0.453 e. The Morgan fingerprint density at radius 3 is 2.07 bits per heavy atom. The van der Waals surface area contributed by atoms with Crippen LogP contribution in [0.25, 0.3) is 33.6 Å². The third-order valence-electron chi connectivity index (χ3n) is 11.9. The van der Waals surface area contributed by atoms with Gasteiger partial charge in [-0.25, -0.2) is 24.7 Å². The molecule has 14 nitrogen and oxygen atoms in total. The normalized spacial score (nSPS) is 22.5. The number of alkyl carbamates (subject to hydrolysis) is 1. The number of methoxy groups -OCH3 is 2. The van der Waals surface area contributed by atoms with E-state index < -0.39 is 18.2 Å². The van der Waals surface area contributed by atoms with Crippen molar-refractivity contribution in [3.8, 4) is 33.6 Å². The van der Waals surface area contributed by atoms with Gasteiger partial charge in [0.15, 0.2) is 0 Å². The van der Waals surface area contributed by atoms with Crippen molar-refractivity contribution in [1.82, 2.24) is 45.4 Å². The summed E-state index contributed by atoms with van der Waals surface area (Å²) in [7, 11) is 2.77. The lowest BCUT2D eigenvalue weighted by Gasteiger charge is -2.30. The van der Waals surface area contributed by atoms with Gasteiger partial charge in [0.2, 0.25) is 11.8 Å². The maximum Gasteiger partial charge on any atom is 0.407 e. The summed E-state index contributed by atoms with van der Waals surface area (Å²) in [4.78, 5) is 65.5. The molecule has 2 bridgehead atoms. The van der Waals surface area contributed by atoms with Crippen LogP contribution in [0.3, 0.4) is 0 Å². The number of aromatic amines is 2. The number of hydrogen-bond acceptors (Lipinski definition) is 9. The molecule has 2 saturated carbocycles. The predicted octanol–water partition coefficient (Wildman–Crippen LogP) is 5.79. The second-order valence-corrected chi connectivity index (χ2v) is 15.1. The van der Waals surface area contributed by atoms with Gasteiger partial charge in [-0.1, -0.05) is 48.5 Å². The Morgan fingerprint density at radius 1 is 0.821 bits per heavy atom. The van der Waals surface area contributed by atoms with Crippen LogP contribution < -0.4 is 10.6 Å². The lowest BCUT2D eigenvalue weighted by Crippen LogP contribution is -2.54. The third-order valence-corrected chi connectivity index (χ3v) is 11.9. The van der Waals surface area contributed by atoms with Gasteiger partial charge in [-0.3, -0.25) is 9.59 Å². The highest BCUT2D eigenvalue weighted by Crippen LogP contribution is 2.56. The molecule has 290 valence electrons. The van der Waals surface area contributed by atoms with Gasteiger partial charge < -0.3 is 35.0 Å². The molecule has 1 saturated heterocycles. The van der Waals surface area contributed by atoms with Crippen LogP contribution in [0.15, 0.2) is 79.6 Å². The quantitative estimate of drug-likeness (QED) is 0.123. The van der Waals surface area contributed by atoms with Crippen LogP contribution in [-0.4, -0.2) is 85.6 Å². The van der Waals surface area contributed by atoms with E-state index in [0.29, 0.717) is 30.7 Å². The monoisotopic (exact) mass is 757 g/mol. The van der Waals surface area contributed by atoms with Crippen LogP contribution in [0.1, 0.15) is 68.2 Å². The highest BCUT2D eigenvalue weighted by Gasteiger charge is 2.52. The van der Waals surface area contributed by atoms with Gasteiger partial charge in [0, 0.05) is 44.1 Å². The molecule has 14 heteroatoms. The number of H-pyrrole nitrogens is 2. The SMILES string of the molecule is COC(=O)N[C@H](C(=O)N1CCC[C@H]1c1ncc(-c2ccc(-c3ccc(-c4cnc(C5C6CCC(C6)[C@@H]5C(=O)NCc5cncnc5)[nH]4)cc3)cc2)[nH]1)[C@@H](C)OC. The first kappa shape index (κ1) is 37.1. The molecular weight excluding hydrogens is 711 g/mol. The summed E-state index contributed by atoms with van der Waals surface area (Å²) in [6.45, 7) is 2.71. The number of imidazole rings is 2. The van der Waals surface area contributed by atoms with Gasteiger partial charge in [0.25, 0.3) is 0 Å². The summed E-state index contributed by atoms with van der Waals surface area (Å²) in [6.07, 6.45) is 12.3. The predicted molar refractivity (Wildman–Crippen MR) is 207 cm³/mol. The van der Waals surface area contributed by atoms with E-state index in [1.165, 1.54) is 20.5 Å². The fourth-order valence-corrected chi connectivity index (χ4v) is 8.98. The number of rotatable bonds is 12. The third kappa shape index (κ3) is 7.40. The van der Waals surface area contributed by atoms with Crippen molar-refractivity contribution in [3.63, 3.8) is 0 Å². The number of nitrogens with zero attached hydrogens (tertiary/aromatic N) is 5. The smallest absolute Gasteiger partial charge is 0.407 e. The summed E-state index contributed by atoms with van der Waals surface area (Å²) in [5, 5.41) is 5.76. The van der Waals surface area contributed by atoms with Gasteiger partial charge in [0.05, 0.1) is 49.0 Å². The van der Waals surface area contributed by atoms with Crippen molar-refractivity contribution < 1.29 is 23.9 Å². The van der Waals surface area contributed by atoms with E-state index in [0.717, 1.165) is 77.1 Å². The molecule has 4 N–H and O–H groups in total. The zero-order chi connectivity index (χ0) is 38.8. The van der Waals surface area contributed by atoms with E-state index >= 15 is 0 Å². The number of carbonyl (C=O) groups excluding carboxylic acids is 3. The summed E-state index contributed by atoms with van der Waals surface area (Å²) < 4.78 is 10.2. The van der Waals surface area contributed by atoms with Crippen molar-refractivity contribution in [1.29, 1.82) is 0 Å². The first-order valence-electron chi connectivity index (χ1n) is 19.3. The Morgan fingerprint density at radius 2 is 1.43 bits per heavy atom. The standard InChI is InChI=1S/C42H47N9O5/c1-24(55-2)37(50-42(54)56-3)41(53)51-16-4-5-34(51)38-45-21-32(48-38)28-10-6-26(7-11-28)27-8-12-29(13-9-27)33-22-46-39(49-33)35-30-14-15-31(17-30)36(35)40(52)47-20-25-18-43-23-44-19-25/h6-13,18-19,21-24,30-31,34-37H,4-5,14-17,20H2,1-3H3,(H,45,48)(H,46,49)(H,47,52)(H,50,54)/t24-,30?,31?,34+,35?,36+,37+/m1/s1. The van der Waals surface area contributed by atoms with Crippen molar-refractivity contribution in [3.05, 3.63) is 96.9 Å². The molecule has 0 radical (unpaired) electrons. The van der Waals surface area contributed by atoms with Gasteiger partial charge in [-0.05, 0) is 73.1 Å². The first-order chi connectivity index (χ1) is 27.3. The number of hydrogen-bond donors (Lipinski definition) is 4. The highest BCUT2D eigenvalue weighted by molar-refractivity contribution is 5.87. The number of aromatic nitrogens is 6. The Balaban J connectivity index is 0.918. The molecule has 3 aliphatic rings. The number of ether oxygens (including phenoxy) is 2. The second kappa shape index (κ2) is 16.1. The molecule has 3 fully saturated rings. The molecule has 4 heterocycles. The van der Waals surface area contributed by atoms with Gasteiger partial charge in [-0.15, -0.1) is 0 Å². The molecule has 0 spiro atoms. The fourth-order valence-electron chi connectivity index (χ4n) is 8.98. The molecule has 3 amide bonds. The van der Waals surface area contributed by atoms with E-state index in [-0.39, 0.29) is 29.7 Å². The molecule has 7 atom stereocenters. The molecule has 8 rings (SSSR count). The van der Waals surface area contributed by atoms with Crippen molar-refractivity contribution in [2.45, 2.75) is 69.7 Å². The summed E-state index contributed by atoms with van der Waals surface area (Å²) in [6, 6.07) is 15.6. The maximum atomic E-state index is 13.6. The number of fused-ring (bicyclic) bond motifs is 2. The molecule has 1 aliphatic heterocycles. The van der Waals surface area contributed by atoms with Crippen molar-refractivity contribution in [2.75, 3.05) is 20.8 Å². The summed E-state index contributed by atoms with van der Waals surface area (Å²) >= 11 is 0. The van der Waals surface area contributed by atoms with Crippen molar-refractivity contribution in [2.24, 2.45) is 17.8 Å². The molecule has 3 unspecified atom stereocenters. The minimum atomic E-state index is -0.886. The lowest BCUT2D eigenvalue weighted by molar-refractivity contribution is -0.137.